The lowest BCUT2D eigenvalue weighted by molar-refractivity contribution is -0.137. The lowest BCUT2D eigenvalue weighted by atomic mass is 10.1. The minimum atomic E-state index is -0.813. The standard InChI is InChI=1S/C23H30N2O5/c1-28-20-7-4-3-6-19(20)25-13-11-24(12-14-25)17-18-9-10-21(22(16-18)29-2)30-15-5-8-23(26)27/h3-4,6-7,9-10,16H,5,8,11-15,17H2,1-2H3,(H,26,27). The van der Waals surface area contributed by atoms with E-state index in [2.05, 4.69) is 15.9 Å². The van der Waals surface area contributed by atoms with E-state index in [4.69, 9.17) is 19.3 Å². The van der Waals surface area contributed by atoms with E-state index in [1.165, 1.54) is 0 Å². The average molecular weight is 415 g/mol. The summed E-state index contributed by atoms with van der Waals surface area (Å²) in [6.07, 6.45) is 0.567. The predicted molar refractivity (Wildman–Crippen MR) is 116 cm³/mol. The molecule has 0 atom stereocenters. The zero-order valence-corrected chi connectivity index (χ0v) is 17.7. The first-order valence-electron chi connectivity index (χ1n) is 10.2. The summed E-state index contributed by atoms with van der Waals surface area (Å²) >= 11 is 0. The lowest BCUT2D eigenvalue weighted by Crippen LogP contribution is -2.46. The number of hydrogen-bond acceptors (Lipinski definition) is 6. The number of aliphatic carboxylic acids is 1. The van der Waals surface area contributed by atoms with E-state index >= 15 is 0 Å². The molecule has 0 unspecified atom stereocenters. The number of para-hydroxylation sites is 2. The van der Waals surface area contributed by atoms with Gasteiger partial charge in [-0.05, 0) is 36.2 Å². The molecule has 2 aromatic carbocycles. The number of carboxylic acids is 1. The highest BCUT2D eigenvalue weighted by atomic mass is 16.5. The van der Waals surface area contributed by atoms with Gasteiger partial charge < -0.3 is 24.2 Å². The van der Waals surface area contributed by atoms with Crippen molar-refractivity contribution in [3.8, 4) is 17.2 Å². The third-order valence-corrected chi connectivity index (χ3v) is 5.22. The van der Waals surface area contributed by atoms with Crippen molar-refractivity contribution in [3.63, 3.8) is 0 Å². The molecule has 1 heterocycles. The summed E-state index contributed by atoms with van der Waals surface area (Å²) in [4.78, 5) is 15.4. The topological polar surface area (TPSA) is 71.5 Å². The average Bonchev–Trinajstić information content (AvgIpc) is 2.77. The molecule has 0 amide bonds. The van der Waals surface area contributed by atoms with E-state index in [9.17, 15) is 4.79 Å². The highest BCUT2D eigenvalue weighted by molar-refractivity contribution is 5.66. The maximum Gasteiger partial charge on any atom is 0.303 e. The fraction of sp³-hybridized carbons (Fsp3) is 0.435. The van der Waals surface area contributed by atoms with Gasteiger partial charge in [0, 0.05) is 39.1 Å². The van der Waals surface area contributed by atoms with Gasteiger partial charge in [0.15, 0.2) is 11.5 Å². The number of piperazine rings is 1. The van der Waals surface area contributed by atoms with Crippen LogP contribution in [0.1, 0.15) is 18.4 Å². The monoisotopic (exact) mass is 414 g/mol. The molecule has 0 spiro atoms. The number of rotatable bonds is 10. The number of benzene rings is 2. The van der Waals surface area contributed by atoms with Crippen LogP contribution < -0.4 is 19.1 Å². The van der Waals surface area contributed by atoms with Crippen molar-refractivity contribution < 1.29 is 24.1 Å². The number of ether oxygens (including phenoxy) is 3. The third kappa shape index (κ3) is 5.79. The van der Waals surface area contributed by atoms with Crippen LogP contribution in [0.4, 0.5) is 5.69 Å². The Kier molecular flexibility index (Phi) is 7.79. The molecule has 7 nitrogen and oxygen atoms in total. The van der Waals surface area contributed by atoms with Crippen LogP contribution in [0.3, 0.4) is 0 Å². The van der Waals surface area contributed by atoms with E-state index in [1.807, 2.05) is 36.4 Å². The summed E-state index contributed by atoms with van der Waals surface area (Å²) in [7, 11) is 3.33. The van der Waals surface area contributed by atoms with Gasteiger partial charge in [-0.15, -0.1) is 0 Å². The van der Waals surface area contributed by atoms with E-state index < -0.39 is 5.97 Å². The Balaban J connectivity index is 1.53. The third-order valence-electron chi connectivity index (χ3n) is 5.22. The van der Waals surface area contributed by atoms with Gasteiger partial charge in [-0.25, -0.2) is 0 Å². The number of hydrogen-bond donors (Lipinski definition) is 1. The highest BCUT2D eigenvalue weighted by Crippen LogP contribution is 2.30. The lowest BCUT2D eigenvalue weighted by Gasteiger charge is -2.36. The summed E-state index contributed by atoms with van der Waals surface area (Å²) in [5, 5.41) is 8.72. The van der Waals surface area contributed by atoms with Crippen LogP contribution in [-0.4, -0.2) is 63.0 Å². The second-order valence-electron chi connectivity index (χ2n) is 7.27. The maximum absolute atomic E-state index is 10.6. The molecular weight excluding hydrogens is 384 g/mol. The molecule has 7 heteroatoms. The number of nitrogens with zero attached hydrogens (tertiary/aromatic N) is 2. The van der Waals surface area contributed by atoms with E-state index in [1.54, 1.807) is 14.2 Å². The van der Waals surface area contributed by atoms with Crippen LogP contribution in [0.25, 0.3) is 0 Å². The van der Waals surface area contributed by atoms with Crippen LogP contribution >= 0.6 is 0 Å². The molecule has 1 fully saturated rings. The molecule has 3 rings (SSSR count). The molecule has 0 saturated carbocycles. The van der Waals surface area contributed by atoms with Gasteiger partial charge >= 0.3 is 5.97 Å². The summed E-state index contributed by atoms with van der Waals surface area (Å²) < 4.78 is 16.7. The second-order valence-corrected chi connectivity index (χ2v) is 7.27. The Labute approximate surface area is 177 Å². The first kappa shape index (κ1) is 21.8. The first-order valence-corrected chi connectivity index (χ1v) is 10.2. The van der Waals surface area contributed by atoms with Gasteiger partial charge in [-0.3, -0.25) is 9.69 Å². The quantitative estimate of drug-likeness (QED) is 0.598. The minimum Gasteiger partial charge on any atom is -0.495 e. The number of carboxylic acid groups (broad SMARTS) is 1. The zero-order valence-electron chi connectivity index (χ0n) is 17.7. The molecule has 1 aliphatic rings. The van der Waals surface area contributed by atoms with E-state index in [0.717, 1.165) is 49.7 Å². The van der Waals surface area contributed by atoms with Crippen molar-refractivity contribution in [2.45, 2.75) is 19.4 Å². The summed E-state index contributed by atoms with van der Waals surface area (Å²) in [5.41, 5.74) is 2.31. The molecule has 0 radical (unpaired) electrons. The second kappa shape index (κ2) is 10.7. The minimum absolute atomic E-state index is 0.0984. The van der Waals surface area contributed by atoms with Crippen LogP contribution in [0.2, 0.25) is 0 Å². The van der Waals surface area contributed by atoms with Gasteiger partial charge in [0.1, 0.15) is 5.75 Å². The molecule has 0 aromatic heterocycles. The molecule has 1 aliphatic heterocycles. The highest BCUT2D eigenvalue weighted by Gasteiger charge is 2.20. The summed E-state index contributed by atoms with van der Waals surface area (Å²) in [6.45, 7) is 5.02. The van der Waals surface area contributed by atoms with Crippen molar-refractivity contribution in [2.75, 3.05) is 51.9 Å². The van der Waals surface area contributed by atoms with Gasteiger partial charge in [-0.2, -0.15) is 0 Å². The van der Waals surface area contributed by atoms with Crippen LogP contribution in [0.5, 0.6) is 17.2 Å². The zero-order chi connectivity index (χ0) is 21.3. The normalized spacial score (nSPS) is 14.4. The van der Waals surface area contributed by atoms with Gasteiger partial charge in [0.25, 0.3) is 0 Å². The largest absolute Gasteiger partial charge is 0.495 e. The van der Waals surface area contributed by atoms with Crippen molar-refractivity contribution in [2.24, 2.45) is 0 Å². The molecule has 1 N–H and O–H groups in total. The Hall–Kier alpha value is -2.93. The van der Waals surface area contributed by atoms with Crippen molar-refractivity contribution in [1.29, 1.82) is 0 Å². The summed E-state index contributed by atoms with van der Waals surface area (Å²) in [6, 6.07) is 14.1. The Morgan fingerprint density at radius 2 is 1.70 bits per heavy atom. The van der Waals surface area contributed by atoms with Gasteiger partial charge in [0.05, 0.1) is 26.5 Å². The smallest absolute Gasteiger partial charge is 0.303 e. The Bertz CT molecular complexity index is 834. The predicted octanol–water partition coefficient (Wildman–Crippen LogP) is 3.27. The number of methoxy groups -OCH3 is 2. The van der Waals surface area contributed by atoms with Crippen LogP contribution in [-0.2, 0) is 11.3 Å². The number of carbonyl (C=O) groups is 1. The fourth-order valence-electron chi connectivity index (χ4n) is 3.63. The van der Waals surface area contributed by atoms with Crippen molar-refractivity contribution in [3.05, 3.63) is 48.0 Å². The molecule has 30 heavy (non-hydrogen) atoms. The molecule has 1 saturated heterocycles. The fourth-order valence-corrected chi connectivity index (χ4v) is 3.63. The maximum atomic E-state index is 10.6. The van der Waals surface area contributed by atoms with Crippen LogP contribution in [0.15, 0.2) is 42.5 Å². The van der Waals surface area contributed by atoms with Crippen molar-refractivity contribution in [1.82, 2.24) is 4.90 Å². The van der Waals surface area contributed by atoms with Gasteiger partial charge in [0.2, 0.25) is 0 Å². The van der Waals surface area contributed by atoms with Crippen LogP contribution in [0, 0.1) is 0 Å². The van der Waals surface area contributed by atoms with E-state index in [0.29, 0.717) is 24.5 Å². The SMILES string of the molecule is COc1cc(CN2CCN(c3ccccc3OC)CC2)ccc1OCCCC(=O)O. The van der Waals surface area contributed by atoms with Gasteiger partial charge in [-0.1, -0.05) is 18.2 Å². The molecular formula is C23H30N2O5. The molecule has 2 aromatic rings. The van der Waals surface area contributed by atoms with Crippen molar-refractivity contribution >= 4 is 11.7 Å². The molecule has 0 bridgehead atoms. The Morgan fingerprint density at radius 3 is 2.40 bits per heavy atom. The number of anilines is 1. The molecule has 0 aliphatic carbocycles. The molecule has 162 valence electrons. The summed E-state index contributed by atoms with van der Waals surface area (Å²) in [5.74, 6) is 1.42. The Morgan fingerprint density at radius 1 is 0.967 bits per heavy atom. The van der Waals surface area contributed by atoms with E-state index in [-0.39, 0.29) is 6.42 Å². The first-order chi connectivity index (χ1) is 14.6.